The van der Waals surface area contributed by atoms with Crippen LogP contribution in [0.2, 0.25) is 0 Å². The van der Waals surface area contributed by atoms with Gasteiger partial charge in [0.15, 0.2) is 5.69 Å². The maximum Gasteiger partial charge on any atom is 0.269 e. The van der Waals surface area contributed by atoms with E-state index in [9.17, 15) is 4.79 Å². The van der Waals surface area contributed by atoms with Crippen LogP contribution >= 0.6 is 0 Å². The van der Waals surface area contributed by atoms with Gasteiger partial charge in [-0.2, -0.15) is 0 Å². The molecule has 2 aromatic rings. The lowest BCUT2D eigenvalue weighted by Gasteiger charge is -2.35. The number of nitrogens with two attached hydrogens (primary N) is 1. The van der Waals surface area contributed by atoms with Crippen LogP contribution in [-0.2, 0) is 0 Å². The molecule has 9 heteroatoms. The molecule has 0 atom stereocenters. The Balaban J connectivity index is 1.44. The van der Waals surface area contributed by atoms with Gasteiger partial charge >= 0.3 is 0 Å². The number of hydrogen-bond donors (Lipinski definition) is 2. The van der Waals surface area contributed by atoms with Gasteiger partial charge in [-0.3, -0.25) is 4.79 Å². The van der Waals surface area contributed by atoms with Crippen LogP contribution in [0.4, 0.5) is 23.0 Å². The van der Waals surface area contributed by atoms with Crippen molar-refractivity contribution in [3.05, 3.63) is 36.2 Å². The van der Waals surface area contributed by atoms with E-state index in [1.165, 1.54) is 0 Å². The third kappa shape index (κ3) is 5.11. The summed E-state index contributed by atoms with van der Waals surface area (Å²) in [6, 6.07) is 7.83. The minimum Gasteiger partial charge on any atom is -0.364 e. The van der Waals surface area contributed by atoms with Crippen LogP contribution < -0.4 is 20.9 Å². The molecule has 0 aromatic carbocycles. The average molecular weight is 439 g/mol. The van der Waals surface area contributed by atoms with Crippen LogP contribution in [0, 0.1) is 0 Å². The number of hydrogen-bond acceptors (Lipinski definition) is 8. The SMILES string of the molecule is CCN1CCN(c2ccc(Nc3ccc(N4CCN(CC)CC4)nc3C(N)=O)cn2)CC1. The lowest BCUT2D eigenvalue weighted by atomic mass is 10.2. The highest BCUT2D eigenvalue weighted by atomic mass is 16.1. The monoisotopic (exact) mass is 438 g/mol. The van der Waals surface area contributed by atoms with Gasteiger partial charge in [0.25, 0.3) is 5.91 Å². The summed E-state index contributed by atoms with van der Waals surface area (Å²) in [5.74, 6) is 1.22. The average Bonchev–Trinajstić information content (AvgIpc) is 2.85. The fraction of sp³-hybridized carbons (Fsp3) is 0.522. The number of carbonyl (C=O) groups excluding carboxylic acids is 1. The lowest BCUT2D eigenvalue weighted by Crippen LogP contribution is -2.46. The molecule has 0 saturated carbocycles. The summed E-state index contributed by atoms with van der Waals surface area (Å²) in [4.78, 5) is 30.7. The van der Waals surface area contributed by atoms with E-state index < -0.39 is 5.91 Å². The molecule has 2 aliphatic rings. The first-order valence-corrected chi connectivity index (χ1v) is 11.6. The van der Waals surface area contributed by atoms with Gasteiger partial charge in [-0.1, -0.05) is 13.8 Å². The molecular weight excluding hydrogens is 404 g/mol. The van der Waals surface area contributed by atoms with Crippen LogP contribution in [0.3, 0.4) is 0 Å². The summed E-state index contributed by atoms with van der Waals surface area (Å²) in [5, 5.41) is 3.27. The van der Waals surface area contributed by atoms with E-state index in [-0.39, 0.29) is 5.69 Å². The van der Waals surface area contributed by atoms with E-state index in [2.05, 4.69) is 48.7 Å². The molecule has 2 saturated heterocycles. The van der Waals surface area contributed by atoms with Gasteiger partial charge < -0.3 is 30.7 Å². The molecule has 4 rings (SSSR count). The smallest absolute Gasteiger partial charge is 0.269 e. The standard InChI is InChI=1S/C23H34N8O/c1-3-28-9-13-30(14-10-28)20-7-5-18(17-25-20)26-19-6-8-21(27-22(19)23(24)32)31-15-11-29(4-2)12-16-31/h5-8,17,26H,3-4,9-16H2,1-2H3,(H2,24,32). The molecule has 0 bridgehead atoms. The number of amides is 1. The number of anilines is 4. The van der Waals surface area contributed by atoms with Crippen molar-refractivity contribution in [3.8, 4) is 0 Å². The quantitative estimate of drug-likeness (QED) is 0.673. The highest BCUT2D eigenvalue weighted by Gasteiger charge is 2.20. The Hall–Kier alpha value is -2.91. The normalized spacial score (nSPS) is 18.1. The van der Waals surface area contributed by atoms with Crippen molar-refractivity contribution in [3.63, 3.8) is 0 Å². The number of carbonyl (C=O) groups is 1. The van der Waals surface area contributed by atoms with Gasteiger partial charge in [-0.15, -0.1) is 0 Å². The molecule has 1 amide bonds. The summed E-state index contributed by atoms with van der Waals surface area (Å²) < 4.78 is 0. The topological polar surface area (TPSA) is 93.9 Å². The molecule has 0 unspecified atom stereocenters. The Morgan fingerprint density at radius 3 is 1.94 bits per heavy atom. The Labute approximate surface area is 190 Å². The molecule has 0 radical (unpaired) electrons. The summed E-state index contributed by atoms with van der Waals surface area (Å²) in [7, 11) is 0. The van der Waals surface area contributed by atoms with Gasteiger partial charge in [0, 0.05) is 52.4 Å². The first-order valence-electron chi connectivity index (χ1n) is 11.6. The van der Waals surface area contributed by atoms with Crippen molar-refractivity contribution in [2.45, 2.75) is 13.8 Å². The zero-order valence-corrected chi connectivity index (χ0v) is 19.1. The molecule has 172 valence electrons. The second kappa shape index (κ2) is 10.1. The fourth-order valence-electron chi connectivity index (χ4n) is 4.30. The molecule has 32 heavy (non-hydrogen) atoms. The first kappa shape index (κ1) is 22.3. The van der Waals surface area contributed by atoms with Crippen LogP contribution in [-0.4, -0.2) is 91.1 Å². The van der Waals surface area contributed by atoms with Crippen molar-refractivity contribution < 1.29 is 4.79 Å². The van der Waals surface area contributed by atoms with Gasteiger partial charge in [-0.25, -0.2) is 9.97 Å². The third-order valence-corrected chi connectivity index (χ3v) is 6.43. The molecule has 0 spiro atoms. The van der Waals surface area contributed by atoms with E-state index >= 15 is 0 Å². The summed E-state index contributed by atoms with van der Waals surface area (Å²) in [5.41, 5.74) is 7.31. The van der Waals surface area contributed by atoms with E-state index in [1.54, 1.807) is 6.20 Å². The zero-order valence-electron chi connectivity index (χ0n) is 19.1. The van der Waals surface area contributed by atoms with Crippen molar-refractivity contribution in [2.24, 2.45) is 5.73 Å². The molecule has 4 heterocycles. The van der Waals surface area contributed by atoms with Gasteiger partial charge in [0.2, 0.25) is 0 Å². The summed E-state index contributed by atoms with van der Waals surface area (Å²) >= 11 is 0. The van der Waals surface area contributed by atoms with Crippen molar-refractivity contribution in [1.29, 1.82) is 0 Å². The summed E-state index contributed by atoms with van der Waals surface area (Å²) in [6.45, 7) is 14.4. The number of pyridine rings is 2. The summed E-state index contributed by atoms with van der Waals surface area (Å²) in [6.07, 6.45) is 1.80. The second-order valence-corrected chi connectivity index (χ2v) is 8.30. The van der Waals surface area contributed by atoms with Crippen LogP contribution in [0.5, 0.6) is 0 Å². The molecule has 2 fully saturated rings. The Kier molecular flexibility index (Phi) is 7.06. The minimum atomic E-state index is -0.542. The first-order chi connectivity index (χ1) is 15.6. The minimum absolute atomic E-state index is 0.250. The van der Waals surface area contributed by atoms with Crippen LogP contribution in [0.25, 0.3) is 0 Å². The van der Waals surface area contributed by atoms with E-state index in [1.807, 2.05) is 24.3 Å². The van der Waals surface area contributed by atoms with Crippen LogP contribution in [0.15, 0.2) is 30.5 Å². The zero-order chi connectivity index (χ0) is 22.5. The number of aromatic nitrogens is 2. The highest BCUT2D eigenvalue weighted by molar-refractivity contribution is 5.97. The van der Waals surface area contributed by atoms with Crippen molar-refractivity contribution in [1.82, 2.24) is 19.8 Å². The molecule has 3 N–H and O–H groups in total. The highest BCUT2D eigenvalue weighted by Crippen LogP contribution is 2.25. The predicted molar refractivity (Wildman–Crippen MR) is 129 cm³/mol. The molecule has 2 aromatic heterocycles. The van der Waals surface area contributed by atoms with Crippen LogP contribution in [0.1, 0.15) is 24.3 Å². The van der Waals surface area contributed by atoms with Gasteiger partial charge in [0.1, 0.15) is 11.6 Å². The number of rotatable bonds is 7. The van der Waals surface area contributed by atoms with Crippen molar-refractivity contribution in [2.75, 3.05) is 80.6 Å². The second-order valence-electron chi connectivity index (χ2n) is 8.30. The number of nitrogens with one attached hydrogen (secondary N) is 1. The van der Waals surface area contributed by atoms with Gasteiger partial charge in [-0.05, 0) is 37.4 Å². The number of primary amides is 1. The Morgan fingerprint density at radius 2 is 1.44 bits per heavy atom. The van der Waals surface area contributed by atoms with E-state index in [4.69, 9.17) is 5.73 Å². The third-order valence-electron chi connectivity index (χ3n) is 6.43. The fourth-order valence-corrected chi connectivity index (χ4v) is 4.30. The maximum atomic E-state index is 12.1. The lowest BCUT2D eigenvalue weighted by molar-refractivity contribution is 0.0996. The number of piperazine rings is 2. The Morgan fingerprint density at radius 1 is 0.875 bits per heavy atom. The van der Waals surface area contributed by atoms with Crippen molar-refractivity contribution >= 4 is 28.9 Å². The molecule has 9 nitrogen and oxygen atoms in total. The molecular formula is C23H34N8O. The predicted octanol–water partition coefficient (Wildman–Crippen LogP) is 1.60. The van der Waals surface area contributed by atoms with Gasteiger partial charge in [0.05, 0.1) is 17.6 Å². The molecule has 0 aliphatic carbocycles. The Bertz CT molecular complexity index is 903. The van der Waals surface area contributed by atoms with E-state index in [0.29, 0.717) is 5.69 Å². The number of nitrogens with zero attached hydrogens (tertiary/aromatic N) is 6. The maximum absolute atomic E-state index is 12.1. The number of likely N-dealkylation sites (N-methyl/N-ethyl adjacent to an activating group) is 2. The largest absolute Gasteiger partial charge is 0.364 e. The molecule has 2 aliphatic heterocycles. The van der Waals surface area contributed by atoms with E-state index in [0.717, 1.165) is 82.8 Å².